The van der Waals surface area contributed by atoms with Gasteiger partial charge in [-0.3, -0.25) is 4.72 Å². The summed E-state index contributed by atoms with van der Waals surface area (Å²) >= 11 is 0. The minimum atomic E-state index is -3.38. The van der Waals surface area contributed by atoms with E-state index < -0.39 is 10.0 Å². The zero-order valence-electron chi connectivity index (χ0n) is 9.23. The molecule has 1 aliphatic carbocycles. The molecule has 0 spiro atoms. The van der Waals surface area contributed by atoms with Gasteiger partial charge in [0.1, 0.15) is 0 Å². The predicted molar refractivity (Wildman–Crippen MR) is 63.4 cm³/mol. The van der Waals surface area contributed by atoms with Crippen LogP contribution >= 0.6 is 0 Å². The van der Waals surface area contributed by atoms with Crippen molar-refractivity contribution in [2.75, 3.05) is 0 Å². The van der Waals surface area contributed by atoms with E-state index >= 15 is 0 Å². The zero-order chi connectivity index (χ0) is 11.6. The van der Waals surface area contributed by atoms with Crippen molar-refractivity contribution in [1.82, 2.24) is 4.72 Å². The van der Waals surface area contributed by atoms with Gasteiger partial charge in [0.05, 0.1) is 4.90 Å². The zero-order valence-corrected chi connectivity index (χ0v) is 10.0. The van der Waals surface area contributed by atoms with Crippen molar-refractivity contribution in [2.45, 2.75) is 31.1 Å². The van der Waals surface area contributed by atoms with Crippen LogP contribution in [0.3, 0.4) is 0 Å². The van der Waals surface area contributed by atoms with Crippen LogP contribution in [-0.2, 0) is 10.0 Å². The van der Waals surface area contributed by atoms with Gasteiger partial charge in [0.15, 0.2) is 0 Å². The second-order valence-corrected chi connectivity index (χ2v) is 5.72. The van der Waals surface area contributed by atoms with E-state index in [1.54, 1.807) is 24.3 Å². The first kappa shape index (κ1) is 11.2. The summed E-state index contributed by atoms with van der Waals surface area (Å²) in [5.74, 6) is 0. The Morgan fingerprint density at radius 3 is 2.44 bits per heavy atom. The van der Waals surface area contributed by atoms with Gasteiger partial charge in [0.2, 0.25) is 0 Å². The molecule has 4 heteroatoms. The Bertz CT molecular complexity index is 500. The third-order valence-corrected chi connectivity index (χ3v) is 4.06. The maximum absolute atomic E-state index is 11.9. The third kappa shape index (κ3) is 2.44. The molecule has 1 aromatic rings. The molecule has 2 rings (SSSR count). The van der Waals surface area contributed by atoms with Crippen LogP contribution in [0.15, 0.2) is 40.9 Å². The lowest BCUT2D eigenvalue weighted by Crippen LogP contribution is -2.22. The number of rotatable bonds is 3. The molecular formula is C12H15NO2S. The molecular weight excluding hydrogens is 222 g/mol. The first-order valence-corrected chi connectivity index (χ1v) is 6.85. The van der Waals surface area contributed by atoms with E-state index in [0.29, 0.717) is 4.90 Å². The Morgan fingerprint density at radius 2 is 1.88 bits per heavy atom. The summed E-state index contributed by atoms with van der Waals surface area (Å²) in [6.07, 6.45) is 4.77. The molecule has 0 radical (unpaired) electrons. The molecule has 0 bridgehead atoms. The minimum Gasteiger partial charge on any atom is -0.284 e. The fourth-order valence-corrected chi connectivity index (χ4v) is 2.86. The molecule has 0 aromatic heterocycles. The summed E-state index contributed by atoms with van der Waals surface area (Å²) < 4.78 is 26.5. The first-order chi connectivity index (χ1) is 7.58. The highest BCUT2D eigenvalue weighted by Crippen LogP contribution is 2.18. The van der Waals surface area contributed by atoms with Crippen LogP contribution < -0.4 is 4.72 Å². The van der Waals surface area contributed by atoms with E-state index in [4.69, 9.17) is 0 Å². The van der Waals surface area contributed by atoms with Crippen molar-refractivity contribution < 1.29 is 8.42 Å². The van der Waals surface area contributed by atoms with Crippen molar-refractivity contribution in [1.29, 1.82) is 0 Å². The second-order valence-electron chi connectivity index (χ2n) is 4.04. The Balaban J connectivity index is 2.21. The Kier molecular flexibility index (Phi) is 3.01. The molecule has 0 saturated carbocycles. The van der Waals surface area contributed by atoms with Crippen molar-refractivity contribution in [3.05, 3.63) is 41.6 Å². The SMILES string of the molecule is Cc1ccc(S(=O)(=O)NC2=CCCC2)cc1. The summed E-state index contributed by atoms with van der Waals surface area (Å²) in [6, 6.07) is 6.87. The number of hydrogen-bond donors (Lipinski definition) is 1. The van der Waals surface area contributed by atoms with Crippen LogP contribution in [0, 0.1) is 6.92 Å². The summed E-state index contributed by atoms with van der Waals surface area (Å²) in [6.45, 7) is 1.93. The molecule has 0 fully saturated rings. The number of nitrogens with one attached hydrogen (secondary N) is 1. The Labute approximate surface area is 96.2 Å². The fourth-order valence-electron chi connectivity index (χ4n) is 1.71. The van der Waals surface area contributed by atoms with E-state index in [1.807, 2.05) is 13.0 Å². The fraction of sp³-hybridized carbons (Fsp3) is 0.333. The summed E-state index contributed by atoms with van der Waals surface area (Å²) in [7, 11) is -3.38. The molecule has 0 amide bonds. The maximum Gasteiger partial charge on any atom is 0.261 e. The highest BCUT2D eigenvalue weighted by molar-refractivity contribution is 7.89. The van der Waals surface area contributed by atoms with Gasteiger partial charge in [-0.2, -0.15) is 0 Å². The van der Waals surface area contributed by atoms with Gasteiger partial charge in [-0.05, 0) is 38.3 Å². The summed E-state index contributed by atoms with van der Waals surface area (Å²) in [5.41, 5.74) is 1.87. The van der Waals surface area contributed by atoms with Crippen molar-refractivity contribution in [2.24, 2.45) is 0 Å². The second kappa shape index (κ2) is 4.29. The van der Waals surface area contributed by atoms with Gasteiger partial charge in [0, 0.05) is 5.70 Å². The average molecular weight is 237 g/mol. The highest BCUT2D eigenvalue weighted by atomic mass is 32.2. The Morgan fingerprint density at radius 1 is 1.19 bits per heavy atom. The maximum atomic E-state index is 11.9. The molecule has 0 heterocycles. The minimum absolute atomic E-state index is 0.325. The van der Waals surface area contributed by atoms with Crippen LogP contribution in [0.2, 0.25) is 0 Å². The predicted octanol–water partition coefficient (Wildman–Crippen LogP) is 2.34. The quantitative estimate of drug-likeness (QED) is 0.877. The molecule has 1 aromatic carbocycles. The van der Waals surface area contributed by atoms with Crippen LogP contribution in [0.25, 0.3) is 0 Å². The molecule has 1 N–H and O–H groups in total. The van der Waals surface area contributed by atoms with E-state index in [9.17, 15) is 8.42 Å². The van der Waals surface area contributed by atoms with Crippen LogP contribution in [0.4, 0.5) is 0 Å². The van der Waals surface area contributed by atoms with E-state index in [1.165, 1.54) is 0 Å². The number of sulfonamides is 1. The molecule has 16 heavy (non-hydrogen) atoms. The lowest BCUT2D eigenvalue weighted by atomic mass is 10.2. The van der Waals surface area contributed by atoms with Gasteiger partial charge in [-0.15, -0.1) is 0 Å². The third-order valence-electron chi connectivity index (χ3n) is 2.64. The number of hydrogen-bond acceptors (Lipinski definition) is 2. The standard InChI is InChI=1S/C12H15NO2S/c1-10-6-8-12(9-7-10)16(14,15)13-11-4-2-3-5-11/h4,6-9,13H,2-3,5H2,1H3. The van der Waals surface area contributed by atoms with Gasteiger partial charge < -0.3 is 0 Å². The van der Waals surface area contributed by atoms with Crippen LogP contribution in [-0.4, -0.2) is 8.42 Å². The van der Waals surface area contributed by atoms with Gasteiger partial charge >= 0.3 is 0 Å². The van der Waals surface area contributed by atoms with E-state index in [-0.39, 0.29) is 0 Å². The summed E-state index contributed by atoms with van der Waals surface area (Å²) in [5, 5.41) is 0. The van der Waals surface area contributed by atoms with Crippen molar-refractivity contribution >= 4 is 10.0 Å². The largest absolute Gasteiger partial charge is 0.284 e. The summed E-state index contributed by atoms with van der Waals surface area (Å²) in [4.78, 5) is 0.325. The van der Waals surface area contributed by atoms with Gasteiger partial charge in [-0.1, -0.05) is 23.8 Å². The van der Waals surface area contributed by atoms with E-state index in [0.717, 1.165) is 30.5 Å². The number of aryl methyl sites for hydroxylation is 1. The van der Waals surface area contributed by atoms with Crippen LogP contribution in [0.1, 0.15) is 24.8 Å². The van der Waals surface area contributed by atoms with Crippen LogP contribution in [0.5, 0.6) is 0 Å². The molecule has 0 atom stereocenters. The molecule has 0 saturated heterocycles. The monoisotopic (exact) mass is 237 g/mol. The van der Waals surface area contributed by atoms with E-state index in [2.05, 4.69) is 4.72 Å². The molecule has 1 aliphatic rings. The number of benzene rings is 1. The highest BCUT2D eigenvalue weighted by Gasteiger charge is 2.16. The first-order valence-electron chi connectivity index (χ1n) is 5.36. The lowest BCUT2D eigenvalue weighted by Gasteiger charge is -2.08. The molecule has 0 aliphatic heterocycles. The Hall–Kier alpha value is -1.29. The van der Waals surface area contributed by atoms with Crippen molar-refractivity contribution in [3.8, 4) is 0 Å². The molecule has 3 nitrogen and oxygen atoms in total. The normalized spacial score (nSPS) is 15.9. The molecule has 86 valence electrons. The van der Waals surface area contributed by atoms with Crippen molar-refractivity contribution in [3.63, 3.8) is 0 Å². The lowest BCUT2D eigenvalue weighted by molar-refractivity contribution is 0.587. The number of allylic oxidation sites excluding steroid dienone is 2. The smallest absolute Gasteiger partial charge is 0.261 e. The topological polar surface area (TPSA) is 46.2 Å². The van der Waals surface area contributed by atoms with Gasteiger partial charge in [-0.25, -0.2) is 8.42 Å². The molecule has 0 unspecified atom stereocenters. The van der Waals surface area contributed by atoms with Gasteiger partial charge in [0.25, 0.3) is 10.0 Å². The average Bonchev–Trinajstić information content (AvgIpc) is 2.70.